The second-order valence-corrected chi connectivity index (χ2v) is 4.83. The number of rotatable bonds is 5. The second-order valence-electron chi connectivity index (χ2n) is 4.83. The third-order valence-corrected chi connectivity index (χ3v) is 3.15. The Labute approximate surface area is 119 Å². The molecule has 0 unspecified atom stereocenters. The molecule has 1 heterocycles. The van der Waals surface area contributed by atoms with E-state index in [1.165, 1.54) is 0 Å². The third-order valence-electron chi connectivity index (χ3n) is 3.15. The van der Waals surface area contributed by atoms with Crippen molar-refractivity contribution in [2.24, 2.45) is 7.05 Å². The molecule has 106 valence electrons. The fraction of sp³-hybridized carbons (Fsp3) is 0.333. The van der Waals surface area contributed by atoms with E-state index in [2.05, 4.69) is 15.7 Å². The van der Waals surface area contributed by atoms with E-state index >= 15 is 0 Å². The lowest BCUT2D eigenvalue weighted by molar-refractivity contribution is 0.0955. The van der Waals surface area contributed by atoms with Gasteiger partial charge < -0.3 is 10.6 Å². The molecule has 0 saturated carbocycles. The minimum Gasteiger partial charge on any atom is -0.387 e. The quantitative estimate of drug-likeness (QED) is 0.871. The Kier molecular flexibility index (Phi) is 4.40. The number of aryl methyl sites for hydroxylation is 2. The maximum Gasteiger partial charge on any atom is 0.253 e. The van der Waals surface area contributed by atoms with Crippen molar-refractivity contribution in [1.29, 1.82) is 0 Å². The lowest BCUT2D eigenvalue weighted by Gasteiger charge is -2.10. The zero-order valence-corrected chi connectivity index (χ0v) is 12.1. The highest BCUT2D eigenvalue weighted by Gasteiger charge is 2.10. The number of hydrogen-bond acceptors (Lipinski definition) is 3. The Morgan fingerprint density at radius 1 is 1.40 bits per heavy atom. The van der Waals surface area contributed by atoms with Crippen LogP contribution in [0.25, 0.3) is 0 Å². The molecule has 0 aliphatic carbocycles. The number of amides is 1. The van der Waals surface area contributed by atoms with Gasteiger partial charge in [0.15, 0.2) is 0 Å². The van der Waals surface area contributed by atoms with Gasteiger partial charge in [-0.15, -0.1) is 0 Å². The summed E-state index contributed by atoms with van der Waals surface area (Å²) < 4.78 is 1.76. The first kappa shape index (κ1) is 14.1. The standard InChI is InChI=1S/C15H20N4O/c1-11-4-5-14(16-2)13(8-11)15(20)17-7-6-12-9-18-19(3)10-12/h4-5,8-10,16H,6-7H2,1-3H3,(H,17,20). The van der Waals surface area contributed by atoms with Crippen LogP contribution in [0.4, 0.5) is 5.69 Å². The molecule has 5 heteroatoms. The predicted molar refractivity (Wildman–Crippen MR) is 80.0 cm³/mol. The van der Waals surface area contributed by atoms with Crippen LogP contribution >= 0.6 is 0 Å². The zero-order valence-electron chi connectivity index (χ0n) is 12.1. The van der Waals surface area contributed by atoms with Gasteiger partial charge in [-0.25, -0.2) is 0 Å². The van der Waals surface area contributed by atoms with Gasteiger partial charge in [-0.3, -0.25) is 9.48 Å². The van der Waals surface area contributed by atoms with Crippen molar-refractivity contribution in [3.05, 3.63) is 47.3 Å². The highest BCUT2D eigenvalue weighted by molar-refractivity contribution is 5.99. The lowest BCUT2D eigenvalue weighted by atomic mass is 10.1. The van der Waals surface area contributed by atoms with E-state index in [-0.39, 0.29) is 5.91 Å². The van der Waals surface area contributed by atoms with E-state index in [0.717, 1.165) is 23.2 Å². The van der Waals surface area contributed by atoms with Crippen LogP contribution in [0.15, 0.2) is 30.6 Å². The van der Waals surface area contributed by atoms with Crippen molar-refractivity contribution < 1.29 is 4.79 Å². The van der Waals surface area contributed by atoms with Gasteiger partial charge in [0.2, 0.25) is 0 Å². The molecule has 0 radical (unpaired) electrons. The van der Waals surface area contributed by atoms with Crippen LogP contribution in [0.3, 0.4) is 0 Å². The molecule has 1 aromatic carbocycles. The molecule has 20 heavy (non-hydrogen) atoms. The van der Waals surface area contributed by atoms with E-state index in [4.69, 9.17) is 0 Å². The van der Waals surface area contributed by atoms with Crippen molar-refractivity contribution in [1.82, 2.24) is 15.1 Å². The van der Waals surface area contributed by atoms with Crippen molar-refractivity contribution in [2.75, 3.05) is 18.9 Å². The van der Waals surface area contributed by atoms with Crippen LogP contribution in [-0.2, 0) is 13.5 Å². The predicted octanol–water partition coefficient (Wildman–Crippen LogP) is 1.74. The second kappa shape index (κ2) is 6.23. The molecule has 2 aromatic rings. The number of nitrogens with zero attached hydrogens (tertiary/aromatic N) is 2. The van der Waals surface area contributed by atoms with Crippen LogP contribution in [0.1, 0.15) is 21.5 Å². The van der Waals surface area contributed by atoms with Gasteiger partial charge in [0, 0.05) is 32.5 Å². The molecule has 0 spiro atoms. The van der Waals surface area contributed by atoms with Crippen molar-refractivity contribution in [2.45, 2.75) is 13.3 Å². The lowest BCUT2D eigenvalue weighted by Crippen LogP contribution is -2.26. The first-order valence-electron chi connectivity index (χ1n) is 6.64. The minimum absolute atomic E-state index is 0.0538. The summed E-state index contributed by atoms with van der Waals surface area (Å²) in [4.78, 5) is 12.2. The van der Waals surface area contributed by atoms with Crippen LogP contribution in [0, 0.1) is 6.92 Å². The number of anilines is 1. The normalized spacial score (nSPS) is 10.3. The fourth-order valence-electron chi connectivity index (χ4n) is 2.08. The summed E-state index contributed by atoms with van der Waals surface area (Å²) in [5.74, 6) is -0.0538. The van der Waals surface area contributed by atoms with Gasteiger partial charge in [0.05, 0.1) is 11.8 Å². The van der Waals surface area contributed by atoms with Gasteiger partial charge in [0.25, 0.3) is 5.91 Å². The first-order chi connectivity index (χ1) is 9.60. The topological polar surface area (TPSA) is 59.0 Å². The van der Waals surface area contributed by atoms with E-state index in [0.29, 0.717) is 12.1 Å². The number of nitrogens with one attached hydrogen (secondary N) is 2. The molecule has 0 saturated heterocycles. The maximum atomic E-state index is 12.2. The average molecular weight is 272 g/mol. The summed E-state index contributed by atoms with van der Waals surface area (Å²) >= 11 is 0. The summed E-state index contributed by atoms with van der Waals surface area (Å²) in [6.45, 7) is 2.58. The molecule has 5 nitrogen and oxygen atoms in total. The number of carbonyl (C=O) groups is 1. The molecular weight excluding hydrogens is 252 g/mol. The molecule has 0 atom stereocenters. The first-order valence-corrected chi connectivity index (χ1v) is 6.64. The number of hydrogen-bond donors (Lipinski definition) is 2. The Morgan fingerprint density at radius 2 is 2.20 bits per heavy atom. The van der Waals surface area contributed by atoms with Crippen LogP contribution in [0.5, 0.6) is 0 Å². The van der Waals surface area contributed by atoms with Gasteiger partial charge >= 0.3 is 0 Å². The van der Waals surface area contributed by atoms with Crippen LogP contribution < -0.4 is 10.6 Å². The molecule has 0 bridgehead atoms. The fourth-order valence-corrected chi connectivity index (χ4v) is 2.08. The highest BCUT2D eigenvalue weighted by atomic mass is 16.1. The average Bonchev–Trinajstić information content (AvgIpc) is 2.84. The molecule has 1 amide bonds. The van der Waals surface area contributed by atoms with Crippen LogP contribution in [-0.4, -0.2) is 29.3 Å². The molecule has 0 aliphatic rings. The maximum absolute atomic E-state index is 12.2. The Hall–Kier alpha value is -2.30. The van der Waals surface area contributed by atoms with Gasteiger partial charge in [-0.05, 0) is 31.0 Å². The summed E-state index contributed by atoms with van der Waals surface area (Å²) in [7, 11) is 3.70. The summed E-state index contributed by atoms with van der Waals surface area (Å²) in [5, 5.41) is 10.1. The Balaban J connectivity index is 1.96. The van der Waals surface area contributed by atoms with E-state index < -0.39 is 0 Å². The third kappa shape index (κ3) is 3.38. The van der Waals surface area contributed by atoms with E-state index in [9.17, 15) is 4.79 Å². The van der Waals surface area contributed by atoms with Crippen molar-refractivity contribution in [3.8, 4) is 0 Å². The SMILES string of the molecule is CNc1ccc(C)cc1C(=O)NCCc1cnn(C)c1. The molecular formula is C15H20N4O. The van der Waals surface area contributed by atoms with E-state index in [1.807, 2.05) is 51.6 Å². The Bertz CT molecular complexity index is 604. The molecule has 2 rings (SSSR count). The zero-order chi connectivity index (χ0) is 14.5. The van der Waals surface area contributed by atoms with Crippen LogP contribution in [0.2, 0.25) is 0 Å². The number of benzene rings is 1. The highest BCUT2D eigenvalue weighted by Crippen LogP contribution is 2.16. The molecule has 2 N–H and O–H groups in total. The number of aromatic nitrogens is 2. The van der Waals surface area contributed by atoms with Crippen molar-refractivity contribution >= 4 is 11.6 Å². The van der Waals surface area contributed by atoms with Gasteiger partial charge in [0.1, 0.15) is 0 Å². The number of carbonyl (C=O) groups excluding carboxylic acids is 1. The Morgan fingerprint density at radius 3 is 2.85 bits per heavy atom. The smallest absolute Gasteiger partial charge is 0.253 e. The van der Waals surface area contributed by atoms with Gasteiger partial charge in [-0.1, -0.05) is 11.6 Å². The van der Waals surface area contributed by atoms with E-state index in [1.54, 1.807) is 4.68 Å². The molecule has 0 aliphatic heterocycles. The summed E-state index contributed by atoms with van der Waals surface area (Å²) in [6.07, 6.45) is 4.55. The largest absolute Gasteiger partial charge is 0.387 e. The molecule has 1 aromatic heterocycles. The monoisotopic (exact) mass is 272 g/mol. The summed E-state index contributed by atoms with van der Waals surface area (Å²) in [6, 6.07) is 5.80. The molecule has 0 fully saturated rings. The van der Waals surface area contributed by atoms with Crippen molar-refractivity contribution in [3.63, 3.8) is 0 Å². The van der Waals surface area contributed by atoms with Gasteiger partial charge in [-0.2, -0.15) is 5.10 Å². The summed E-state index contributed by atoms with van der Waals surface area (Å²) in [5.41, 5.74) is 3.71. The minimum atomic E-state index is -0.0538.